The number of phenolic OH excluding ortho intramolecular Hbond substituents is 1. The number of halogens is 2. The molecule has 1 heterocycles. The third-order valence-corrected chi connectivity index (χ3v) is 6.00. The average molecular weight is 324 g/mol. The van der Waals surface area contributed by atoms with Crippen LogP contribution in [0.25, 0.3) is 0 Å². The second kappa shape index (κ2) is 5.75. The van der Waals surface area contributed by atoms with Crippen molar-refractivity contribution in [1.29, 1.82) is 0 Å². The first-order chi connectivity index (χ1) is 9.39. The number of hydrogen-bond donors (Lipinski definition) is 2. The zero-order valence-electron chi connectivity index (χ0n) is 10.8. The van der Waals surface area contributed by atoms with E-state index in [1.807, 2.05) is 0 Å². The van der Waals surface area contributed by atoms with Gasteiger partial charge in [0.15, 0.2) is 15.6 Å². The molecule has 0 aliphatic carbocycles. The number of aromatic hydroxyl groups is 1. The van der Waals surface area contributed by atoms with Crippen molar-refractivity contribution in [3.05, 3.63) is 17.2 Å². The van der Waals surface area contributed by atoms with Crippen molar-refractivity contribution in [3.63, 3.8) is 0 Å². The van der Waals surface area contributed by atoms with Crippen molar-refractivity contribution in [3.8, 4) is 5.75 Å². The number of benzene rings is 1. The van der Waals surface area contributed by atoms with Crippen molar-refractivity contribution in [2.45, 2.75) is 22.7 Å². The molecule has 1 aliphatic heterocycles. The zero-order chi connectivity index (χ0) is 14.9. The largest absolute Gasteiger partial charge is 0.504 e. The van der Waals surface area contributed by atoms with Crippen LogP contribution in [-0.2, 0) is 14.6 Å². The monoisotopic (exact) mass is 323 g/mol. The Bertz CT molecular complexity index is 608. The lowest BCUT2D eigenvalue weighted by Crippen LogP contribution is -2.39. The lowest BCUT2D eigenvalue weighted by atomic mass is 10.2. The molecule has 1 saturated heterocycles. The Hall–Kier alpha value is -1.05. The van der Waals surface area contributed by atoms with Crippen LogP contribution in [0, 0.1) is 0 Å². The third kappa shape index (κ3) is 2.57. The Labute approximate surface area is 121 Å². The molecule has 0 radical (unpaired) electrons. The van der Waals surface area contributed by atoms with Gasteiger partial charge in [0.05, 0.1) is 17.3 Å². The van der Waals surface area contributed by atoms with Crippen molar-refractivity contribution in [1.82, 2.24) is 0 Å². The van der Waals surface area contributed by atoms with Gasteiger partial charge >= 0.3 is 0 Å². The van der Waals surface area contributed by atoms with E-state index in [1.54, 1.807) is 0 Å². The number of nitrogens with one attached hydrogen (secondary N) is 1. The number of ether oxygens (including phenoxy) is 1. The Morgan fingerprint density at radius 2 is 2.20 bits per heavy atom. The molecule has 1 aliphatic rings. The highest BCUT2D eigenvalue weighted by Gasteiger charge is 2.40. The predicted octanol–water partition coefficient (Wildman–Crippen LogP) is 1.99. The molecule has 0 saturated carbocycles. The summed E-state index contributed by atoms with van der Waals surface area (Å²) in [6, 6.07) is 2.81. The molecular formula is C12H15ClFNO4S. The van der Waals surface area contributed by atoms with E-state index >= 15 is 0 Å². The zero-order valence-corrected chi connectivity index (χ0v) is 12.3. The molecule has 1 aromatic rings. The van der Waals surface area contributed by atoms with Crippen LogP contribution in [0.1, 0.15) is 6.42 Å². The maximum absolute atomic E-state index is 13.8. The van der Waals surface area contributed by atoms with Crippen molar-refractivity contribution >= 4 is 27.1 Å². The van der Waals surface area contributed by atoms with Crippen LogP contribution in [0.2, 0.25) is 5.02 Å². The van der Waals surface area contributed by atoms with E-state index in [4.69, 9.17) is 16.3 Å². The highest BCUT2D eigenvalue weighted by molar-refractivity contribution is 7.92. The van der Waals surface area contributed by atoms with Gasteiger partial charge in [-0.05, 0) is 18.6 Å². The second-order valence-corrected chi connectivity index (χ2v) is 7.00. The number of hydrogen-bond acceptors (Lipinski definition) is 5. The number of alkyl halides is 1. The lowest BCUT2D eigenvalue weighted by Gasteiger charge is -2.26. The van der Waals surface area contributed by atoms with Crippen LogP contribution in [0.15, 0.2) is 17.0 Å². The lowest BCUT2D eigenvalue weighted by molar-refractivity contribution is 0.0390. The van der Waals surface area contributed by atoms with Gasteiger partial charge in [-0.1, -0.05) is 11.6 Å². The van der Waals surface area contributed by atoms with Crippen molar-refractivity contribution in [2.75, 3.05) is 25.6 Å². The number of anilines is 1. The molecule has 20 heavy (non-hydrogen) atoms. The van der Waals surface area contributed by atoms with E-state index < -0.39 is 31.9 Å². The molecule has 2 rings (SSSR count). The highest BCUT2D eigenvalue weighted by Crippen LogP contribution is 2.40. The van der Waals surface area contributed by atoms with Gasteiger partial charge in [0.1, 0.15) is 16.3 Å². The number of sulfone groups is 1. The Morgan fingerprint density at radius 3 is 2.80 bits per heavy atom. The maximum Gasteiger partial charge on any atom is 0.189 e. The van der Waals surface area contributed by atoms with E-state index in [0.717, 1.165) is 0 Å². The smallest absolute Gasteiger partial charge is 0.189 e. The van der Waals surface area contributed by atoms with Crippen LogP contribution < -0.4 is 5.32 Å². The first-order valence-corrected chi connectivity index (χ1v) is 7.97. The highest BCUT2D eigenvalue weighted by atomic mass is 35.5. The summed E-state index contributed by atoms with van der Waals surface area (Å²) in [5.74, 6) is -0.487. The molecule has 8 heteroatoms. The van der Waals surface area contributed by atoms with Gasteiger partial charge in [0.2, 0.25) is 0 Å². The van der Waals surface area contributed by atoms with Gasteiger partial charge in [0.25, 0.3) is 0 Å². The van der Waals surface area contributed by atoms with Crippen molar-refractivity contribution < 1.29 is 22.7 Å². The Balaban J connectivity index is 2.54. The molecule has 2 atom stereocenters. The molecule has 1 fully saturated rings. The molecule has 0 spiro atoms. The van der Waals surface area contributed by atoms with E-state index in [0.29, 0.717) is 0 Å². The van der Waals surface area contributed by atoms with Gasteiger partial charge < -0.3 is 15.2 Å². The van der Waals surface area contributed by atoms with Crippen LogP contribution in [0.3, 0.4) is 0 Å². The van der Waals surface area contributed by atoms with E-state index in [9.17, 15) is 17.9 Å². The molecule has 0 bridgehead atoms. The number of rotatable bonds is 3. The molecule has 0 amide bonds. The maximum atomic E-state index is 13.8. The van der Waals surface area contributed by atoms with Crippen LogP contribution in [0.4, 0.5) is 10.1 Å². The van der Waals surface area contributed by atoms with Gasteiger partial charge in [-0.2, -0.15) is 0 Å². The van der Waals surface area contributed by atoms with Gasteiger partial charge in [-0.3, -0.25) is 0 Å². The molecular weight excluding hydrogens is 309 g/mol. The molecule has 0 aromatic heterocycles. The van der Waals surface area contributed by atoms with Crippen LogP contribution >= 0.6 is 11.6 Å². The number of phenols is 1. The normalized spacial score (nSPS) is 23.6. The minimum absolute atomic E-state index is 0.0308. The standard InChI is InChI=1S/C12H15ClFNO4S/c1-15-9-3-2-7(13)12(11(9)16)20(17,18)10-4-5-19-6-8(10)14/h2-3,8,10,15-16H,4-6H2,1H3/t8-,10-/m0/s1. The molecule has 2 N–H and O–H groups in total. The summed E-state index contributed by atoms with van der Waals surface area (Å²) in [7, 11) is -2.55. The summed E-state index contributed by atoms with van der Waals surface area (Å²) in [4.78, 5) is -0.430. The Kier molecular flexibility index (Phi) is 4.41. The molecule has 112 valence electrons. The summed E-state index contributed by atoms with van der Waals surface area (Å²) in [6.07, 6.45) is -1.61. The minimum atomic E-state index is -4.08. The van der Waals surface area contributed by atoms with Crippen LogP contribution in [-0.4, -0.2) is 45.2 Å². The average Bonchev–Trinajstić information content (AvgIpc) is 2.39. The fraction of sp³-hybridized carbons (Fsp3) is 0.500. The summed E-state index contributed by atoms with van der Waals surface area (Å²) >= 11 is 5.89. The fourth-order valence-corrected chi connectivity index (χ4v) is 4.57. The van der Waals surface area contributed by atoms with E-state index in [1.165, 1.54) is 19.2 Å². The minimum Gasteiger partial charge on any atom is -0.504 e. The van der Waals surface area contributed by atoms with E-state index in [2.05, 4.69) is 5.32 Å². The SMILES string of the molecule is CNc1ccc(Cl)c(S(=O)(=O)[C@H]2CCOC[C@@H]2F)c1O. The molecule has 5 nitrogen and oxygen atoms in total. The molecule has 0 unspecified atom stereocenters. The first-order valence-electron chi connectivity index (χ1n) is 6.04. The quantitative estimate of drug-likeness (QED) is 0.832. The summed E-state index contributed by atoms with van der Waals surface area (Å²) in [5.41, 5.74) is 0.218. The predicted molar refractivity (Wildman–Crippen MR) is 74.0 cm³/mol. The summed E-state index contributed by atoms with van der Waals surface area (Å²) in [5, 5.41) is 11.3. The summed E-state index contributed by atoms with van der Waals surface area (Å²) < 4.78 is 43.8. The van der Waals surface area contributed by atoms with Gasteiger partial charge in [-0.25, -0.2) is 12.8 Å². The first kappa shape index (κ1) is 15.3. The van der Waals surface area contributed by atoms with Gasteiger partial charge in [-0.15, -0.1) is 0 Å². The molecule has 1 aromatic carbocycles. The topological polar surface area (TPSA) is 75.6 Å². The fourth-order valence-electron chi connectivity index (χ4n) is 2.20. The van der Waals surface area contributed by atoms with Gasteiger partial charge in [0, 0.05) is 13.7 Å². The van der Waals surface area contributed by atoms with Crippen molar-refractivity contribution in [2.24, 2.45) is 0 Å². The summed E-state index contributed by atoms with van der Waals surface area (Å²) in [6.45, 7) is -0.109. The third-order valence-electron chi connectivity index (χ3n) is 3.26. The second-order valence-electron chi connectivity index (χ2n) is 4.49. The van der Waals surface area contributed by atoms with E-state index in [-0.39, 0.29) is 30.3 Å². The Morgan fingerprint density at radius 1 is 1.50 bits per heavy atom. The van der Waals surface area contributed by atoms with Crippen LogP contribution in [0.5, 0.6) is 5.75 Å².